The maximum absolute atomic E-state index is 13.2. The molecule has 0 atom stereocenters. The molecule has 0 saturated carbocycles. The molecular weight excluding hydrogens is 393 g/mol. The van der Waals surface area contributed by atoms with E-state index in [-0.39, 0.29) is 18.5 Å². The molecule has 1 amide bonds. The lowest BCUT2D eigenvalue weighted by Gasteiger charge is -2.11. The second-order valence-electron chi connectivity index (χ2n) is 5.90. The molecule has 0 aliphatic rings. The molecule has 0 aliphatic heterocycles. The van der Waals surface area contributed by atoms with Crippen LogP contribution in [0.1, 0.15) is 24.0 Å². The highest BCUT2D eigenvalue weighted by molar-refractivity contribution is 7.19. The second kappa shape index (κ2) is 7.39. The van der Waals surface area contributed by atoms with E-state index in [0.29, 0.717) is 32.5 Å². The van der Waals surface area contributed by atoms with E-state index in [4.69, 9.17) is 28.9 Å². The Morgan fingerprint density at radius 3 is 2.65 bits per heavy atom. The average Bonchev–Trinajstić information content (AvgIpc) is 2.92. The molecule has 26 heavy (non-hydrogen) atoms. The van der Waals surface area contributed by atoms with Crippen LogP contribution >= 0.6 is 34.5 Å². The van der Waals surface area contributed by atoms with Gasteiger partial charge >= 0.3 is 0 Å². The van der Waals surface area contributed by atoms with Crippen molar-refractivity contribution in [1.29, 1.82) is 0 Å². The van der Waals surface area contributed by atoms with Crippen LogP contribution in [0.5, 0.6) is 0 Å². The molecule has 0 saturated heterocycles. The molecular formula is C18H17Cl2N3O2S. The van der Waals surface area contributed by atoms with Crippen LogP contribution in [0.3, 0.4) is 0 Å². The minimum absolute atomic E-state index is 0.0886. The molecule has 0 aliphatic carbocycles. The van der Waals surface area contributed by atoms with Gasteiger partial charge in [0.25, 0.3) is 5.56 Å². The summed E-state index contributed by atoms with van der Waals surface area (Å²) in [6.07, 6.45) is 0.675. The van der Waals surface area contributed by atoms with Crippen LogP contribution in [0.25, 0.3) is 21.3 Å². The zero-order valence-corrected chi connectivity index (χ0v) is 16.6. The van der Waals surface area contributed by atoms with Gasteiger partial charge in [-0.05, 0) is 24.6 Å². The van der Waals surface area contributed by atoms with E-state index in [9.17, 15) is 9.59 Å². The van der Waals surface area contributed by atoms with E-state index >= 15 is 0 Å². The van der Waals surface area contributed by atoms with Gasteiger partial charge in [0.15, 0.2) is 0 Å². The van der Waals surface area contributed by atoms with Crippen LogP contribution in [0.15, 0.2) is 23.0 Å². The molecule has 136 valence electrons. The Bertz CT molecular complexity index is 1070. The van der Waals surface area contributed by atoms with Crippen LogP contribution in [0, 0.1) is 6.92 Å². The summed E-state index contributed by atoms with van der Waals surface area (Å²) in [7, 11) is 0. The Hall–Kier alpha value is -1.89. The van der Waals surface area contributed by atoms with E-state index in [1.165, 1.54) is 11.3 Å². The lowest BCUT2D eigenvalue weighted by molar-refractivity contribution is -0.118. The van der Waals surface area contributed by atoms with E-state index in [1.54, 1.807) is 16.7 Å². The molecule has 0 bridgehead atoms. The van der Waals surface area contributed by atoms with Crippen molar-refractivity contribution in [3.8, 4) is 11.1 Å². The molecule has 5 nitrogen and oxygen atoms in total. The lowest BCUT2D eigenvalue weighted by atomic mass is 10.0. The molecule has 3 aromatic rings. The van der Waals surface area contributed by atoms with Gasteiger partial charge in [-0.15, -0.1) is 11.3 Å². The summed E-state index contributed by atoms with van der Waals surface area (Å²) in [4.78, 5) is 30.7. The first-order chi connectivity index (χ1) is 12.3. The third-order valence-corrected chi connectivity index (χ3v) is 5.91. The summed E-state index contributed by atoms with van der Waals surface area (Å²) in [6, 6.07) is 5.30. The number of aryl methyl sites for hydroxylation is 2. The number of carbonyl (C=O) groups is 1. The smallest absolute Gasteiger partial charge is 0.262 e. The molecule has 0 fully saturated rings. The Morgan fingerprint density at radius 1 is 1.31 bits per heavy atom. The van der Waals surface area contributed by atoms with Crippen molar-refractivity contribution in [3.63, 3.8) is 0 Å². The van der Waals surface area contributed by atoms with Gasteiger partial charge in [-0.1, -0.05) is 36.2 Å². The Labute approximate surface area is 164 Å². The number of hydrogen-bond donors (Lipinski definition) is 1. The zero-order valence-electron chi connectivity index (χ0n) is 14.3. The second-order valence-corrected chi connectivity index (χ2v) is 7.91. The van der Waals surface area contributed by atoms with Gasteiger partial charge in [0.1, 0.15) is 10.7 Å². The number of aromatic nitrogens is 2. The lowest BCUT2D eigenvalue weighted by Crippen LogP contribution is -2.27. The molecule has 1 aromatic carbocycles. The molecule has 0 unspecified atom stereocenters. The van der Waals surface area contributed by atoms with E-state index < -0.39 is 5.91 Å². The standard InChI is InChI=1S/C18H17Cl2N3O2S/c1-3-14-22-17-16(18(25)23(14)7-6-13(21)24)15(9(2)26-17)10-4-5-11(19)12(20)8-10/h4-5,8H,3,6-7H2,1-2H3,(H2,21,24). The molecule has 2 N–H and O–H groups in total. The van der Waals surface area contributed by atoms with Crippen LogP contribution < -0.4 is 11.3 Å². The highest BCUT2D eigenvalue weighted by Gasteiger charge is 2.20. The maximum atomic E-state index is 13.2. The van der Waals surface area contributed by atoms with E-state index in [0.717, 1.165) is 16.0 Å². The Kier molecular flexibility index (Phi) is 5.37. The molecule has 2 aromatic heterocycles. The predicted molar refractivity (Wildman–Crippen MR) is 107 cm³/mol. The summed E-state index contributed by atoms with van der Waals surface area (Å²) in [6.45, 7) is 4.09. The number of benzene rings is 1. The number of primary amides is 1. The molecule has 0 radical (unpaired) electrons. The minimum atomic E-state index is -0.453. The number of rotatable bonds is 5. The van der Waals surface area contributed by atoms with Crippen LogP contribution in [-0.4, -0.2) is 15.5 Å². The van der Waals surface area contributed by atoms with Gasteiger partial charge in [-0.25, -0.2) is 4.98 Å². The first-order valence-electron chi connectivity index (χ1n) is 8.10. The molecule has 0 spiro atoms. The number of thiophene rings is 1. The van der Waals surface area contributed by atoms with Gasteiger partial charge in [0.05, 0.1) is 15.4 Å². The largest absolute Gasteiger partial charge is 0.370 e. The number of halogens is 2. The topological polar surface area (TPSA) is 78.0 Å². The number of nitrogens with zero attached hydrogens (tertiary/aromatic N) is 2. The van der Waals surface area contributed by atoms with Crippen LogP contribution in [-0.2, 0) is 17.8 Å². The Balaban J connectivity index is 2.29. The monoisotopic (exact) mass is 409 g/mol. The fraction of sp³-hybridized carbons (Fsp3) is 0.278. The third-order valence-electron chi connectivity index (χ3n) is 4.17. The quantitative estimate of drug-likeness (QED) is 0.686. The van der Waals surface area contributed by atoms with Gasteiger partial charge in [0.2, 0.25) is 5.91 Å². The predicted octanol–water partition coefficient (Wildman–Crippen LogP) is 4.18. The fourth-order valence-corrected chi connectivity index (χ4v) is 4.31. The number of nitrogens with two attached hydrogens (primary N) is 1. The number of carbonyl (C=O) groups excluding carboxylic acids is 1. The van der Waals surface area contributed by atoms with Gasteiger partial charge in [0, 0.05) is 29.8 Å². The third kappa shape index (κ3) is 3.37. The summed E-state index contributed by atoms with van der Waals surface area (Å²) in [5, 5.41) is 1.42. The highest BCUT2D eigenvalue weighted by Crippen LogP contribution is 2.38. The van der Waals surface area contributed by atoms with Crippen molar-refractivity contribution in [2.75, 3.05) is 0 Å². The normalized spacial score (nSPS) is 11.2. The zero-order chi connectivity index (χ0) is 19.0. The van der Waals surface area contributed by atoms with E-state index in [1.807, 2.05) is 19.9 Å². The SMILES string of the molecule is CCc1nc2sc(C)c(-c3ccc(Cl)c(Cl)c3)c2c(=O)n1CCC(N)=O. The minimum Gasteiger partial charge on any atom is -0.370 e. The van der Waals surface area contributed by atoms with Gasteiger partial charge in [-0.2, -0.15) is 0 Å². The first kappa shape index (κ1) is 18.9. The first-order valence-corrected chi connectivity index (χ1v) is 9.67. The van der Waals surface area contributed by atoms with Crippen molar-refractivity contribution in [1.82, 2.24) is 9.55 Å². The summed E-state index contributed by atoms with van der Waals surface area (Å²) < 4.78 is 1.54. The molecule has 2 heterocycles. The van der Waals surface area contributed by atoms with Crippen molar-refractivity contribution in [2.24, 2.45) is 5.73 Å². The Morgan fingerprint density at radius 2 is 2.04 bits per heavy atom. The van der Waals surface area contributed by atoms with Crippen LogP contribution in [0.2, 0.25) is 10.0 Å². The molecule has 8 heteroatoms. The van der Waals surface area contributed by atoms with Crippen molar-refractivity contribution in [3.05, 3.63) is 49.3 Å². The number of fused-ring (bicyclic) bond motifs is 1. The van der Waals surface area contributed by atoms with Gasteiger partial charge < -0.3 is 5.73 Å². The van der Waals surface area contributed by atoms with Crippen molar-refractivity contribution < 1.29 is 4.79 Å². The summed E-state index contributed by atoms with van der Waals surface area (Å²) >= 11 is 13.6. The van der Waals surface area contributed by atoms with Crippen molar-refractivity contribution in [2.45, 2.75) is 33.2 Å². The molecule has 3 rings (SSSR count). The number of amides is 1. The highest BCUT2D eigenvalue weighted by atomic mass is 35.5. The maximum Gasteiger partial charge on any atom is 0.262 e. The van der Waals surface area contributed by atoms with Crippen molar-refractivity contribution >= 4 is 50.7 Å². The van der Waals surface area contributed by atoms with E-state index in [2.05, 4.69) is 4.98 Å². The number of hydrogen-bond acceptors (Lipinski definition) is 4. The summed E-state index contributed by atoms with van der Waals surface area (Å²) in [5.74, 6) is 0.191. The average molecular weight is 410 g/mol. The fourth-order valence-electron chi connectivity index (χ4n) is 2.96. The summed E-state index contributed by atoms with van der Waals surface area (Å²) in [5.41, 5.74) is 6.70. The van der Waals surface area contributed by atoms with Gasteiger partial charge in [-0.3, -0.25) is 14.2 Å². The van der Waals surface area contributed by atoms with Crippen LogP contribution in [0.4, 0.5) is 0 Å².